The van der Waals surface area contributed by atoms with Crippen LogP contribution >= 0.6 is 11.6 Å². The summed E-state index contributed by atoms with van der Waals surface area (Å²) in [7, 11) is 0. The first kappa shape index (κ1) is 25.4. The van der Waals surface area contributed by atoms with Crippen molar-refractivity contribution in [3.05, 3.63) is 65.2 Å². The smallest absolute Gasteiger partial charge is 0.216 e. The van der Waals surface area contributed by atoms with Crippen LogP contribution in [0.3, 0.4) is 0 Å². The molecule has 7 heteroatoms. The summed E-state index contributed by atoms with van der Waals surface area (Å²) in [6.45, 7) is 5.30. The lowest BCUT2D eigenvalue weighted by Crippen LogP contribution is -2.30. The lowest BCUT2D eigenvalue weighted by Gasteiger charge is -2.26. The number of nitrogens with one attached hydrogen (secondary N) is 2. The van der Waals surface area contributed by atoms with Crippen molar-refractivity contribution >= 4 is 17.5 Å². The SMILES string of the molecule is CC(=O)NCCNCc1ccc(-c2cccc(-c3ccc4c(c3)OCCO4)c2Cl)cc1OCC1CCC1. The standard InChI is InChI=1S/C30H33ClN2O4/c1-20(34)33-13-12-32-18-24-9-8-22(16-28(24)37-19-21-4-2-5-21)25-6-3-7-26(30(25)31)23-10-11-27-29(17-23)36-15-14-35-27/h3,6-11,16-17,21,32H,2,4-5,12-15,18-19H2,1H3,(H,33,34). The molecule has 1 fully saturated rings. The molecule has 0 bridgehead atoms. The Morgan fingerprint density at radius 1 is 0.973 bits per heavy atom. The number of amides is 1. The van der Waals surface area contributed by atoms with E-state index in [1.807, 2.05) is 36.4 Å². The highest BCUT2D eigenvalue weighted by atomic mass is 35.5. The van der Waals surface area contributed by atoms with E-state index in [4.69, 9.17) is 25.8 Å². The van der Waals surface area contributed by atoms with Crippen molar-refractivity contribution in [1.82, 2.24) is 10.6 Å². The number of carbonyl (C=O) groups excluding carboxylic acids is 1. The Morgan fingerprint density at radius 2 is 1.70 bits per heavy atom. The van der Waals surface area contributed by atoms with Crippen molar-refractivity contribution in [1.29, 1.82) is 0 Å². The zero-order chi connectivity index (χ0) is 25.6. The molecule has 37 heavy (non-hydrogen) atoms. The minimum absolute atomic E-state index is 0.0222. The first-order valence-electron chi connectivity index (χ1n) is 13.0. The molecule has 3 aromatic carbocycles. The molecule has 6 nitrogen and oxygen atoms in total. The molecule has 0 unspecified atom stereocenters. The first-order valence-corrected chi connectivity index (χ1v) is 13.4. The molecule has 0 radical (unpaired) electrons. The van der Waals surface area contributed by atoms with Gasteiger partial charge in [0.25, 0.3) is 0 Å². The zero-order valence-electron chi connectivity index (χ0n) is 21.1. The van der Waals surface area contributed by atoms with E-state index in [-0.39, 0.29) is 5.91 Å². The number of carbonyl (C=O) groups is 1. The molecule has 1 aliphatic heterocycles. The van der Waals surface area contributed by atoms with Gasteiger partial charge >= 0.3 is 0 Å². The van der Waals surface area contributed by atoms with Crippen LogP contribution in [0, 0.1) is 5.92 Å². The topological polar surface area (TPSA) is 68.8 Å². The monoisotopic (exact) mass is 520 g/mol. The number of fused-ring (bicyclic) bond motifs is 1. The second-order valence-corrected chi connectivity index (χ2v) is 9.99. The molecular weight excluding hydrogens is 488 g/mol. The maximum Gasteiger partial charge on any atom is 0.216 e. The van der Waals surface area contributed by atoms with Crippen molar-refractivity contribution in [2.45, 2.75) is 32.7 Å². The maximum absolute atomic E-state index is 11.1. The largest absolute Gasteiger partial charge is 0.493 e. The Bertz CT molecular complexity index is 1260. The number of rotatable bonds is 10. The van der Waals surface area contributed by atoms with Gasteiger partial charge in [0, 0.05) is 43.2 Å². The van der Waals surface area contributed by atoms with Gasteiger partial charge in [0.1, 0.15) is 19.0 Å². The van der Waals surface area contributed by atoms with Crippen LogP contribution in [0.2, 0.25) is 5.02 Å². The van der Waals surface area contributed by atoms with E-state index in [0.717, 1.165) is 51.7 Å². The Hall–Kier alpha value is -3.22. The van der Waals surface area contributed by atoms with Crippen LogP contribution in [-0.2, 0) is 11.3 Å². The van der Waals surface area contributed by atoms with E-state index in [1.54, 1.807) is 0 Å². The molecule has 0 atom stereocenters. The summed E-state index contributed by atoms with van der Waals surface area (Å²) in [5.74, 6) is 2.98. The maximum atomic E-state index is 11.1. The highest BCUT2D eigenvalue weighted by Crippen LogP contribution is 2.41. The van der Waals surface area contributed by atoms with Crippen LogP contribution in [0.15, 0.2) is 54.6 Å². The Morgan fingerprint density at radius 3 is 2.43 bits per heavy atom. The first-order chi connectivity index (χ1) is 18.1. The van der Waals surface area contributed by atoms with Crippen LogP contribution < -0.4 is 24.8 Å². The van der Waals surface area contributed by atoms with Gasteiger partial charge in [-0.2, -0.15) is 0 Å². The van der Waals surface area contributed by atoms with E-state index in [9.17, 15) is 4.79 Å². The third-order valence-corrected chi connectivity index (χ3v) is 7.33. The summed E-state index contributed by atoms with van der Waals surface area (Å²) < 4.78 is 17.8. The van der Waals surface area contributed by atoms with Gasteiger partial charge in [0.05, 0.1) is 11.6 Å². The van der Waals surface area contributed by atoms with Crippen LogP contribution in [0.25, 0.3) is 22.3 Å². The summed E-state index contributed by atoms with van der Waals surface area (Å²) in [5, 5.41) is 6.89. The van der Waals surface area contributed by atoms with Crippen LogP contribution in [0.1, 0.15) is 31.7 Å². The fraction of sp³-hybridized carbons (Fsp3) is 0.367. The highest BCUT2D eigenvalue weighted by molar-refractivity contribution is 6.36. The third kappa shape index (κ3) is 6.20. The Kier molecular flexibility index (Phi) is 8.17. The lowest BCUT2D eigenvalue weighted by atomic mass is 9.86. The average Bonchev–Trinajstić information content (AvgIpc) is 2.88. The molecule has 1 heterocycles. The van der Waals surface area contributed by atoms with Crippen molar-refractivity contribution in [2.24, 2.45) is 5.92 Å². The fourth-order valence-corrected chi connectivity index (χ4v) is 4.95. The van der Waals surface area contributed by atoms with Gasteiger partial charge in [-0.1, -0.05) is 54.4 Å². The molecule has 3 aromatic rings. The normalized spacial score (nSPS) is 14.6. The Labute approximate surface area is 223 Å². The molecular formula is C30H33ClN2O4. The number of ether oxygens (including phenoxy) is 3. The van der Waals surface area contributed by atoms with Gasteiger partial charge in [0.2, 0.25) is 5.91 Å². The number of hydrogen-bond donors (Lipinski definition) is 2. The van der Waals surface area contributed by atoms with Gasteiger partial charge in [-0.05, 0) is 48.1 Å². The van der Waals surface area contributed by atoms with E-state index in [0.29, 0.717) is 43.8 Å². The van der Waals surface area contributed by atoms with E-state index in [2.05, 4.69) is 28.8 Å². The average molecular weight is 521 g/mol. The molecule has 0 saturated heterocycles. The molecule has 2 aliphatic rings. The van der Waals surface area contributed by atoms with Gasteiger partial charge < -0.3 is 24.8 Å². The van der Waals surface area contributed by atoms with Crippen LogP contribution in [0.5, 0.6) is 17.2 Å². The fourth-order valence-electron chi connectivity index (χ4n) is 4.61. The van der Waals surface area contributed by atoms with Crippen molar-refractivity contribution in [3.8, 4) is 39.5 Å². The third-order valence-electron chi connectivity index (χ3n) is 6.92. The Balaban J connectivity index is 1.39. The van der Waals surface area contributed by atoms with E-state index in [1.165, 1.54) is 26.2 Å². The van der Waals surface area contributed by atoms with Gasteiger partial charge in [-0.3, -0.25) is 4.79 Å². The molecule has 0 spiro atoms. The summed E-state index contributed by atoms with van der Waals surface area (Å²) in [6, 6.07) is 18.3. The lowest BCUT2D eigenvalue weighted by molar-refractivity contribution is -0.118. The summed E-state index contributed by atoms with van der Waals surface area (Å²) in [6.07, 6.45) is 3.74. The molecule has 5 rings (SSSR count). The van der Waals surface area contributed by atoms with Gasteiger partial charge in [0.15, 0.2) is 11.5 Å². The van der Waals surface area contributed by atoms with Crippen molar-refractivity contribution in [2.75, 3.05) is 32.9 Å². The molecule has 194 valence electrons. The summed E-state index contributed by atoms with van der Waals surface area (Å²) in [4.78, 5) is 11.1. The summed E-state index contributed by atoms with van der Waals surface area (Å²) in [5.41, 5.74) is 4.97. The van der Waals surface area contributed by atoms with Crippen LogP contribution in [-0.4, -0.2) is 38.8 Å². The molecule has 1 aliphatic carbocycles. The van der Waals surface area contributed by atoms with Crippen molar-refractivity contribution in [3.63, 3.8) is 0 Å². The number of hydrogen-bond acceptors (Lipinski definition) is 5. The number of halogens is 1. The second kappa shape index (κ2) is 11.9. The predicted molar refractivity (Wildman–Crippen MR) is 147 cm³/mol. The van der Waals surface area contributed by atoms with E-state index >= 15 is 0 Å². The quantitative estimate of drug-likeness (QED) is 0.328. The van der Waals surface area contributed by atoms with Crippen molar-refractivity contribution < 1.29 is 19.0 Å². The second-order valence-electron chi connectivity index (χ2n) is 9.62. The number of benzene rings is 3. The molecule has 1 amide bonds. The summed E-state index contributed by atoms with van der Waals surface area (Å²) >= 11 is 7.00. The minimum atomic E-state index is -0.0222. The molecule has 1 saturated carbocycles. The predicted octanol–water partition coefficient (Wildman–Crippen LogP) is 5.85. The van der Waals surface area contributed by atoms with Gasteiger partial charge in [-0.15, -0.1) is 0 Å². The highest BCUT2D eigenvalue weighted by Gasteiger charge is 2.20. The molecule has 2 N–H and O–H groups in total. The molecule has 0 aromatic heterocycles. The van der Waals surface area contributed by atoms with E-state index < -0.39 is 0 Å². The minimum Gasteiger partial charge on any atom is -0.493 e. The van der Waals surface area contributed by atoms with Crippen LogP contribution in [0.4, 0.5) is 0 Å². The zero-order valence-corrected chi connectivity index (χ0v) is 21.9. The van der Waals surface area contributed by atoms with Gasteiger partial charge in [-0.25, -0.2) is 0 Å².